The second-order valence-electron chi connectivity index (χ2n) is 4.63. The van der Waals surface area contributed by atoms with Crippen LogP contribution in [-0.2, 0) is 13.0 Å². The Bertz CT molecular complexity index is 700. The van der Waals surface area contributed by atoms with Gasteiger partial charge in [0.05, 0.1) is 0 Å². The summed E-state index contributed by atoms with van der Waals surface area (Å²) < 4.78 is 14.7. The minimum Gasteiger partial charge on any atom is -0.272 e. The zero-order valence-electron chi connectivity index (χ0n) is 11.1. The van der Waals surface area contributed by atoms with Gasteiger partial charge in [0.25, 0.3) is 0 Å². The highest BCUT2D eigenvalue weighted by molar-refractivity contribution is 7.13. The number of hydrogen-bond donors (Lipinski definition) is 0. The van der Waals surface area contributed by atoms with E-state index in [2.05, 4.69) is 10.1 Å². The van der Waals surface area contributed by atoms with Crippen molar-refractivity contribution < 1.29 is 4.39 Å². The van der Waals surface area contributed by atoms with Crippen molar-refractivity contribution in [3.63, 3.8) is 0 Å². The Hall–Kier alpha value is -2.01. The Balaban J connectivity index is 1.67. The molecule has 0 aliphatic carbocycles. The fourth-order valence-corrected chi connectivity index (χ4v) is 2.73. The molecule has 0 N–H and O–H groups in total. The van der Waals surface area contributed by atoms with Crippen LogP contribution in [0.5, 0.6) is 0 Å². The van der Waals surface area contributed by atoms with Crippen molar-refractivity contribution in [1.29, 1.82) is 0 Å². The monoisotopic (exact) mass is 287 g/mol. The minimum atomic E-state index is -0.200. The van der Waals surface area contributed by atoms with Crippen LogP contribution in [0.2, 0.25) is 0 Å². The molecule has 3 aromatic rings. The van der Waals surface area contributed by atoms with E-state index >= 15 is 0 Å². The number of aromatic nitrogens is 3. The molecule has 1 aromatic carbocycles. The molecule has 3 rings (SSSR count). The average molecular weight is 287 g/mol. The van der Waals surface area contributed by atoms with Crippen molar-refractivity contribution in [3.8, 4) is 10.7 Å². The summed E-state index contributed by atoms with van der Waals surface area (Å²) in [5.41, 5.74) is 3.03. The summed E-state index contributed by atoms with van der Waals surface area (Å²) in [6.45, 7) is 2.75. The molecule has 0 saturated carbocycles. The minimum absolute atomic E-state index is 0.200. The predicted octanol–water partition coefficient (Wildman–Crippen LogP) is 3.70. The number of thiazole rings is 1. The van der Waals surface area contributed by atoms with Gasteiger partial charge >= 0.3 is 0 Å². The van der Waals surface area contributed by atoms with Crippen LogP contribution < -0.4 is 0 Å². The molecule has 20 heavy (non-hydrogen) atoms. The van der Waals surface area contributed by atoms with Crippen LogP contribution in [0.3, 0.4) is 0 Å². The van der Waals surface area contributed by atoms with Gasteiger partial charge in [-0.15, -0.1) is 11.3 Å². The first-order chi connectivity index (χ1) is 9.70. The molecule has 0 saturated heterocycles. The van der Waals surface area contributed by atoms with Crippen LogP contribution >= 0.6 is 11.3 Å². The largest absolute Gasteiger partial charge is 0.272 e. The number of benzene rings is 1. The van der Waals surface area contributed by atoms with Gasteiger partial charge in [-0.1, -0.05) is 12.1 Å². The lowest BCUT2D eigenvalue weighted by Gasteiger charge is -2.02. The second-order valence-corrected chi connectivity index (χ2v) is 5.49. The van der Waals surface area contributed by atoms with Gasteiger partial charge in [-0.25, -0.2) is 9.37 Å². The van der Waals surface area contributed by atoms with Gasteiger partial charge in [-0.2, -0.15) is 5.10 Å². The Kier molecular flexibility index (Phi) is 3.60. The fraction of sp³-hybridized carbons (Fsp3) is 0.200. The van der Waals surface area contributed by atoms with E-state index in [0.29, 0.717) is 0 Å². The molecule has 0 unspecified atom stereocenters. The number of aryl methyl sites for hydroxylation is 3. The van der Waals surface area contributed by atoms with Gasteiger partial charge in [0, 0.05) is 23.8 Å². The van der Waals surface area contributed by atoms with E-state index in [9.17, 15) is 4.39 Å². The molecule has 0 fully saturated rings. The van der Waals surface area contributed by atoms with Crippen LogP contribution in [0.25, 0.3) is 10.7 Å². The van der Waals surface area contributed by atoms with Crippen LogP contribution in [0.1, 0.15) is 11.3 Å². The number of hydrogen-bond acceptors (Lipinski definition) is 3. The molecule has 0 aliphatic heterocycles. The van der Waals surface area contributed by atoms with E-state index in [1.54, 1.807) is 11.3 Å². The van der Waals surface area contributed by atoms with E-state index in [-0.39, 0.29) is 5.82 Å². The third-order valence-electron chi connectivity index (χ3n) is 3.02. The Morgan fingerprint density at radius 2 is 2.00 bits per heavy atom. The molecule has 0 atom stereocenters. The van der Waals surface area contributed by atoms with E-state index < -0.39 is 0 Å². The summed E-state index contributed by atoms with van der Waals surface area (Å²) in [5.74, 6) is -0.200. The maximum Gasteiger partial charge on any atom is 0.143 e. The van der Waals surface area contributed by atoms with Crippen LogP contribution in [0, 0.1) is 12.7 Å². The molecule has 2 heterocycles. The van der Waals surface area contributed by atoms with Gasteiger partial charge in [-0.05, 0) is 37.1 Å². The zero-order valence-corrected chi connectivity index (χ0v) is 11.9. The highest BCUT2D eigenvalue weighted by Gasteiger charge is 2.06. The SMILES string of the molecule is Cc1csc(-c2ccn(CCc3ccc(F)cc3)n2)n1. The first kappa shape index (κ1) is 13.0. The molecule has 3 nitrogen and oxygen atoms in total. The van der Waals surface area contributed by atoms with E-state index in [4.69, 9.17) is 0 Å². The zero-order chi connectivity index (χ0) is 13.9. The van der Waals surface area contributed by atoms with Crippen molar-refractivity contribution in [2.45, 2.75) is 19.9 Å². The number of nitrogens with zero attached hydrogens (tertiary/aromatic N) is 3. The van der Waals surface area contributed by atoms with Crippen molar-refractivity contribution >= 4 is 11.3 Å². The molecule has 102 valence electrons. The Morgan fingerprint density at radius 1 is 1.20 bits per heavy atom. The third-order valence-corrected chi connectivity index (χ3v) is 4.00. The van der Waals surface area contributed by atoms with Crippen LogP contribution in [0.4, 0.5) is 4.39 Å². The Morgan fingerprint density at radius 3 is 2.70 bits per heavy atom. The van der Waals surface area contributed by atoms with Crippen molar-refractivity contribution in [3.05, 3.63) is 59.0 Å². The molecule has 0 bridgehead atoms. The first-order valence-electron chi connectivity index (χ1n) is 6.41. The lowest BCUT2D eigenvalue weighted by atomic mass is 10.1. The van der Waals surface area contributed by atoms with Gasteiger partial charge in [-0.3, -0.25) is 4.68 Å². The topological polar surface area (TPSA) is 30.7 Å². The summed E-state index contributed by atoms with van der Waals surface area (Å²) in [5, 5.41) is 7.48. The molecule has 0 amide bonds. The summed E-state index contributed by atoms with van der Waals surface area (Å²) in [4.78, 5) is 4.42. The lowest BCUT2D eigenvalue weighted by molar-refractivity contribution is 0.610. The highest BCUT2D eigenvalue weighted by Crippen LogP contribution is 2.21. The van der Waals surface area contributed by atoms with Gasteiger partial charge in [0.15, 0.2) is 0 Å². The smallest absolute Gasteiger partial charge is 0.143 e. The van der Waals surface area contributed by atoms with Crippen molar-refractivity contribution in [2.75, 3.05) is 0 Å². The summed E-state index contributed by atoms with van der Waals surface area (Å²) >= 11 is 1.60. The predicted molar refractivity (Wildman–Crippen MR) is 78.2 cm³/mol. The van der Waals surface area contributed by atoms with Crippen molar-refractivity contribution in [1.82, 2.24) is 14.8 Å². The highest BCUT2D eigenvalue weighted by atomic mass is 32.1. The first-order valence-corrected chi connectivity index (χ1v) is 7.29. The van der Waals surface area contributed by atoms with E-state index in [1.807, 2.05) is 41.4 Å². The summed E-state index contributed by atoms with van der Waals surface area (Å²) in [6, 6.07) is 8.57. The Labute approximate surface area is 120 Å². The van der Waals surface area contributed by atoms with E-state index in [0.717, 1.165) is 34.9 Å². The summed E-state index contributed by atoms with van der Waals surface area (Å²) in [6.07, 6.45) is 2.79. The molecular formula is C15H14FN3S. The molecule has 0 spiro atoms. The van der Waals surface area contributed by atoms with Gasteiger partial charge < -0.3 is 0 Å². The average Bonchev–Trinajstić information content (AvgIpc) is 3.07. The number of halogens is 1. The summed E-state index contributed by atoms with van der Waals surface area (Å²) in [7, 11) is 0. The molecule has 2 aromatic heterocycles. The van der Waals surface area contributed by atoms with E-state index in [1.165, 1.54) is 12.1 Å². The maximum atomic E-state index is 12.8. The van der Waals surface area contributed by atoms with Gasteiger partial charge in [0.1, 0.15) is 16.5 Å². The molecule has 0 aliphatic rings. The fourth-order valence-electron chi connectivity index (χ4n) is 1.97. The van der Waals surface area contributed by atoms with Crippen molar-refractivity contribution in [2.24, 2.45) is 0 Å². The second kappa shape index (κ2) is 5.54. The van der Waals surface area contributed by atoms with Crippen LogP contribution in [0.15, 0.2) is 41.9 Å². The third kappa shape index (κ3) is 2.93. The maximum absolute atomic E-state index is 12.8. The van der Waals surface area contributed by atoms with Crippen LogP contribution in [-0.4, -0.2) is 14.8 Å². The number of rotatable bonds is 4. The molecule has 0 radical (unpaired) electrons. The normalized spacial score (nSPS) is 10.9. The molecule has 5 heteroatoms. The lowest BCUT2D eigenvalue weighted by Crippen LogP contribution is -2.02. The standard InChI is InChI=1S/C15H14FN3S/c1-11-10-20-15(17-11)14-7-9-19(18-14)8-6-12-2-4-13(16)5-3-12/h2-5,7,9-10H,6,8H2,1H3. The molecular weight excluding hydrogens is 273 g/mol. The van der Waals surface area contributed by atoms with Gasteiger partial charge in [0.2, 0.25) is 0 Å². The quantitative estimate of drug-likeness (QED) is 0.732.